The minimum atomic E-state index is -0.125. The molecule has 0 amide bonds. The van der Waals surface area contributed by atoms with Crippen LogP contribution in [0.1, 0.15) is 47.9 Å². The monoisotopic (exact) mass is 305 g/mol. The molecule has 1 aromatic carbocycles. The van der Waals surface area contributed by atoms with Crippen LogP contribution in [0.5, 0.6) is 11.5 Å². The zero-order chi connectivity index (χ0) is 16.1. The summed E-state index contributed by atoms with van der Waals surface area (Å²) in [5, 5.41) is 0. The average molecular weight is 305 g/mol. The van der Waals surface area contributed by atoms with Gasteiger partial charge in [0.05, 0.1) is 17.7 Å². The van der Waals surface area contributed by atoms with Gasteiger partial charge in [0, 0.05) is 13.0 Å². The summed E-state index contributed by atoms with van der Waals surface area (Å²) < 4.78 is 11.3. The van der Waals surface area contributed by atoms with Crippen molar-refractivity contribution < 1.29 is 19.1 Å². The van der Waals surface area contributed by atoms with E-state index in [0.29, 0.717) is 42.3 Å². The third kappa shape index (κ3) is 3.65. The van der Waals surface area contributed by atoms with Crippen LogP contribution in [-0.4, -0.2) is 49.3 Å². The van der Waals surface area contributed by atoms with Crippen LogP contribution >= 0.6 is 0 Å². The molecule has 0 spiro atoms. The smallest absolute Gasteiger partial charge is 0.170 e. The highest BCUT2D eigenvalue weighted by Crippen LogP contribution is 2.33. The molecule has 1 aromatic rings. The van der Waals surface area contributed by atoms with Gasteiger partial charge in [-0.1, -0.05) is 13.8 Å². The van der Waals surface area contributed by atoms with Crippen LogP contribution in [-0.2, 0) is 0 Å². The van der Waals surface area contributed by atoms with E-state index in [-0.39, 0.29) is 11.6 Å². The molecule has 0 saturated carbocycles. The predicted octanol–water partition coefficient (Wildman–Crippen LogP) is 2.58. The molecule has 0 aliphatic carbocycles. The fourth-order valence-electron chi connectivity index (χ4n) is 2.52. The summed E-state index contributed by atoms with van der Waals surface area (Å²) in [5.41, 5.74) is 0.875. The van der Waals surface area contributed by atoms with Gasteiger partial charge in [-0.2, -0.15) is 0 Å². The Morgan fingerprint density at radius 1 is 1.32 bits per heavy atom. The number of rotatable bonds is 7. The Morgan fingerprint density at radius 3 is 2.68 bits per heavy atom. The van der Waals surface area contributed by atoms with Crippen molar-refractivity contribution in [1.29, 1.82) is 0 Å². The van der Waals surface area contributed by atoms with Gasteiger partial charge in [-0.3, -0.25) is 9.59 Å². The van der Waals surface area contributed by atoms with E-state index in [1.807, 2.05) is 0 Å². The highest BCUT2D eigenvalue weighted by molar-refractivity contribution is 6.06. The first kappa shape index (κ1) is 16.5. The summed E-state index contributed by atoms with van der Waals surface area (Å²) in [6.07, 6.45) is 0.341. The number of hydrogen-bond donors (Lipinski definition) is 0. The third-order valence-corrected chi connectivity index (χ3v) is 3.89. The number of nitrogens with zero attached hydrogens (tertiary/aromatic N) is 1. The molecule has 2 rings (SSSR count). The number of ether oxygens (including phenoxy) is 2. The molecule has 1 aliphatic rings. The highest BCUT2D eigenvalue weighted by atomic mass is 16.5. The van der Waals surface area contributed by atoms with Gasteiger partial charge in [-0.15, -0.1) is 0 Å². The fourth-order valence-corrected chi connectivity index (χ4v) is 2.52. The number of benzene rings is 1. The summed E-state index contributed by atoms with van der Waals surface area (Å²) >= 11 is 0. The van der Waals surface area contributed by atoms with Gasteiger partial charge in [0.1, 0.15) is 18.1 Å². The van der Waals surface area contributed by atoms with Crippen molar-refractivity contribution in [2.45, 2.75) is 27.2 Å². The van der Waals surface area contributed by atoms with Crippen LogP contribution in [0.15, 0.2) is 12.1 Å². The van der Waals surface area contributed by atoms with Crippen molar-refractivity contribution in [2.24, 2.45) is 0 Å². The SMILES string of the molecule is CCN(CC)CCOc1cc(C(C)=O)c2c(c1)C(=O)CCO2. The molecule has 5 heteroatoms. The quantitative estimate of drug-likeness (QED) is 0.725. The van der Waals surface area contributed by atoms with Crippen LogP contribution in [0.4, 0.5) is 0 Å². The van der Waals surface area contributed by atoms with Crippen molar-refractivity contribution in [3.8, 4) is 11.5 Å². The normalized spacial score (nSPS) is 13.7. The number of likely N-dealkylation sites (N-methyl/N-ethyl adjacent to an activating group) is 1. The summed E-state index contributed by atoms with van der Waals surface area (Å²) in [5.74, 6) is 0.827. The number of hydrogen-bond acceptors (Lipinski definition) is 5. The van der Waals surface area contributed by atoms with Gasteiger partial charge in [0.15, 0.2) is 11.6 Å². The lowest BCUT2D eigenvalue weighted by molar-refractivity contribution is 0.0929. The van der Waals surface area contributed by atoms with E-state index < -0.39 is 0 Å². The fraction of sp³-hybridized carbons (Fsp3) is 0.529. The van der Waals surface area contributed by atoms with E-state index >= 15 is 0 Å². The molecule has 0 fully saturated rings. The number of ketones is 2. The van der Waals surface area contributed by atoms with E-state index in [0.717, 1.165) is 19.6 Å². The van der Waals surface area contributed by atoms with Gasteiger partial charge in [0.25, 0.3) is 0 Å². The van der Waals surface area contributed by atoms with Crippen molar-refractivity contribution in [3.63, 3.8) is 0 Å². The third-order valence-electron chi connectivity index (χ3n) is 3.89. The van der Waals surface area contributed by atoms with E-state index in [1.165, 1.54) is 6.92 Å². The Balaban J connectivity index is 2.18. The summed E-state index contributed by atoms with van der Waals surface area (Å²) in [4.78, 5) is 26.1. The second-order valence-corrected chi connectivity index (χ2v) is 5.30. The zero-order valence-corrected chi connectivity index (χ0v) is 13.5. The molecule has 0 aromatic heterocycles. The molecule has 1 aliphatic heterocycles. The maximum absolute atomic E-state index is 12.0. The lowest BCUT2D eigenvalue weighted by atomic mass is 9.99. The van der Waals surface area contributed by atoms with E-state index in [2.05, 4.69) is 18.7 Å². The summed E-state index contributed by atoms with van der Waals surface area (Å²) in [7, 11) is 0. The first-order valence-electron chi connectivity index (χ1n) is 7.76. The Labute approximate surface area is 131 Å². The van der Waals surface area contributed by atoms with Gasteiger partial charge in [-0.05, 0) is 32.1 Å². The number of carbonyl (C=O) groups is 2. The van der Waals surface area contributed by atoms with Crippen molar-refractivity contribution in [2.75, 3.05) is 32.8 Å². The standard InChI is InChI=1S/C17H23NO4/c1-4-18(5-2)7-9-21-13-10-14(12(3)19)17-15(11-13)16(20)6-8-22-17/h10-11H,4-9H2,1-3H3. The molecule has 0 saturated heterocycles. The molecular weight excluding hydrogens is 282 g/mol. The first-order chi connectivity index (χ1) is 10.6. The maximum Gasteiger partial charge on any atom is 0.170 e. The maximum atomic E-state index is 12.0. The minimum absolute atomic E-state index is 0.00190. The topological polar surface area (TPSA) is 55.8 Å². The summed E-state index contributed by atoms with van der Waals surface area (Å²) in [6.45, 7) is 9.27. The van der Waals surface area contributed by atoms with E-state index in [9.17, 15) is 9.59 Å². The van der Waals surface area contributed by atoms with Gasteiger partial charge in [-0.25, -0.2) is 0 Å². The van der Waals surface area contributed by atoms with Crippen LogP contribution in [0.3, 0.4) is 0 Å². The highest BCUT2D eigenvalue weighted by Gasteiger charge is 2.24. The molecular formula is C17H23NO4. The summed E-state index contributed by atoms with van der Waals surface area (Å²) in [6, 6.07) is 3.35. The van der Waals surface area contributed by atoms with Crippen molar-refractivity contribution in [3.05, 3.63) is 23.3 Å². The molecule has 0 radical (unpaired) electrons. The predicted molar refractivity (Wildman–Crippen MR) is 84.2 cm³/mol. The number of carbonyl (C=O) groups excluding carboxylic acids is 2. The lowest BCUT2D eigenvalue weighted by Gasteiger charge is -2.21. The van der Waals surface area contributed by atoms with Gasteiger partial charge < -0.3 is 14.4 Å². The number of fused-ring (bicyclic) bond motifs is 1. The average Bonchev–Trinajstić information content (AvgIpc) is 2.51. The molecule has 5 nitrogen and oxygen atoms in total. The Hall–Kier alpha value is -1.88. The van der Waals surface area contributed by atoms with E-state index in [1.54, 1.807) is 12.1 Å². The largest absolute Gasteiger partial charge is 0.492 e. The lowest BCUT2D eigenvalue weighted by Crippen LogP contribution is -2.28. The van der Waals surface area contributed by atoms with Crippen LogP contribution in [0.2, 0.25) is 0 Å². The molecule has 120 valence electrons. The Kier molecular flexibility index (Phi) is 5.55. The second-order valence-electron chi connectivity index (χ2n) is 5.30. The number of Topliss-reactive ketones (excluding diaryl/α,β-unsaturated/α-hetero) is 2. The molecule has 0 atom stereocenters. The van der Waals surface area contributed by atoms with Crippen LogP contribution in [0.25, 0.3) is 0 Å². The van der Waals surface area contributed by atoms with Crippen molar-refractivity contribution >= 4 is 11.6 Å². The van der Waals surface area contributed by atoms with Gasteiger partial charge >= 0.3 is 0 Å². The van der Waals surface area contributed by atoms with Crippen molar-refractivity contribution in [1.82, 2.24) is 4.90 Å². The molecule has 1 heterocycles. The van der Waals surface area contributed by atoms with Crippen LogP contribution in [0, 0.1) is 0 Å². The molecule has 0 unspecified atom stereocenters. The van der Waals surface area contributed by atoms with Crippen LogP contribution < -0.4 is 9.47 Å². The minimum Gasteiger partial charge on any atom is -0.492 e. The molecule has 0 N–H and O–H groups in total. The first-order valence-corrected chi connectivity index (χ1v) is 7.76. The van der Waals surface area contributed by atoms with Gasteiger partial charge in [0.2, 0.25) is 0 Å². The second kappa shape index (κ2) is 7.40. The zero-order valence-electron chi connectivity index (χ0n) is 13.5. The Morgan fingerprint density at radius 2 is 2.05 bits per heavy atom. The van der Waals surface area contributed by atoms with E-state index in [4.69, 9.17) is 9.47 Å². The Bertz CT molecular complexity index is 547. The molecule has 0 bridgehead atoms. The molecule has 22 heavy (non-hydrogen) atoms.